The molecule has 1 aliphatic rings. The van der Waals surface area contributed by atoms with Gasteiger partial charge in [-0.05, 0) is 53.8 Å². The van der Waals surface area contributed by atoms with Gasteiger partial charge in [-0.25, -0.2) is 0 Å². The van der Waals surface area contributed by atoms with Gasteiger partial charge in [0.1, 0.15) is 0 Å². The molecule has 1 saturated heterocycles. The van der Waals surface area contributed by atoms with Crippen molar-refractivity contribution >= 4 is 16.7 Å². The summed E-state index contributed by atoms with van der Waals surface area (Å²) in [6.45, 7) is 1.57. The van der Waals surface area contributed by atoms with Crippen LogP contribution in [0.4, 0.5) is 0 Å². The van der Waals surface area contributed by atoms with Gasteiger partial charge in [0, 0.05) is 44.1 Å². The highest BCUT2D eigenvalue weighted by molar-refractivity contribution is 5.99. The van der Waals surface area contributed by atoms with E-state index in [-0.39, 0.29) is 18.4 Å². The Morgan fingerprint density at radius 3 is 2.77 bits per heavy atom. The number of likely N-dealkylation sites (tertiary alicyclic amines) is 1. The second-order valence-electron chi connectivity index (χ2n) is 7.09. The summed E-state index contributed by atoms with van der Waals surface area (Å²) in [7, 11) is 1.91. The highest BCUT2D eigenvalue weighted by Gasteiger charge is 2.24. The number of aliphatic hydroxyl groups excluding tert-OH is 1. The third-order valence-corrected chi connectivity index (χ3v) is 5.16. The van der Waals surface area contributed by atoms with Gasteiger partial charge in [0.25, 0.3) is 5.91 Å². The van der Waals surface area contributed by atoms with Crippen LogP contribution in [0, 0.1) is 5.92 Å². The van der Waals surface area contributed by atoms with Crippen molar-refractivity contribution < 1.29 is 9.90 Å². The number of carbonyl (C=O) groups excluding carboxylic acids is 1. The van der Waals surface area contributed by atoms with Crippen molar-refractivity contribution in [3.8, 4) is 11.3 Å². The Labute approximate surface area is 152 Å². The number of hydrogen-bond donors (Lipinski definition) is 1. The van der Waals surface area contributed by atoms with Crippen LogP contribution >= 0.6 is 0 Å². The molecule has 1 atom stereocenters. The van der Waals surface area contributed by atoms with E-state index in [1.165, 1.54) is 0 Å². The van der Waals surface area contributed by atoms with Crippen molar-refractivity contribution in [3.63, 3.8) is 0 Å². The van der Waals surface area contributed by atoms with Crippen LogP contribution in [0.25, 0.3) is 22.0 Å². The second-order valence-corrected chi connectivity index (χ2v) is 7.09. The largest absolute Gasteiger partial charge is 0.396 e. The molecule has 5 heteroatoms. The van der Waals surface area contributed by atoms with Crippen molar-refractivity contribution in [3.05, 3.63) is 54.2 Å². The fourth-order valence-electron chi connectivity index (χ4n) is 3.69. The number of benzene rings is 2. The zero-order valence-corrected chi connectivity index (χ0v) is 14.9. The summed E-state index contributed by atoms with van der Waals surface area (Å²) >= 11 is 0. The Bertz CT molecular complexity index is 947. The number of rotatable bonds is 3. The van der Waals surface area contributed by atoms with E-state index in [4.69, 9.17) is 0 Å². The first-order chi connectivity index (χ1) is 12.6. The van der Waals surface area contributed by atoms with E-state index < -0.39 is 0 Å². The normalized spacial score (nSPS) is 17.6. The summed E-state index contributed by atoms with van der Waals surface area (Å²) in [5.41, 5.74) is 2.72. The maximum atomic E-state index is 12.8. The number of hydrogen-bond acceptors (Lipinski definition) is 3. The molecule has 5 nitrogen and oxygen atoms in total. The Balaban J connectivity index is 1.60. The molecular weight excluding hydrogens is 326 g/mol. The molecule has 2 aromatic carbocycles. The number of amides is 1. The van der Waals surface area contributed by atoms with Crippen molar-refractivity contribution in [2.24, 2.45) is 13.0 Å². The van der Waals surface area contributed by atoms with Crippen LogP contribution in [0.3, 0.4) is 0 Å². The lowest BCUT2D eigenvalue weighted by molar-refractivity contribution is 0.0621. The highest BCUT2D eigenvalue weighted by atomic mass is 16.3. The van der Waals surface area contributed by atoms with Crippen molar-refractivity contribution in [2.75, 3.05) is 19.7 Å². The number of fused-ring (bicyclic) bond motifs is 1. The lowest BCUT2D eigenvalue weighted by Gasteiger charge is -2.32. The summed E-state index contributed by atoms with van der Waals surface area (Å²) in [5, 5.41) is 16.0. The predicted molar refractivity (Wildman–Crippen MR) is 102 cm³/mol. The van der Waals surface area contributed by atoms with Crippen LogP contribution in [0.5, 0.6) is 0 Å². The fraction of sp³-hybridized carbons (Fsp3) is 0.333. The quantitative estimate of drug-likeness (QED) is 0.790. The summed E-state index contributed by atoms with van der Waals surface area (Å²) in [4.78, 5) is 14.7. The molecule has 1 N–H and O–H groups in total. The molecule has 1 aliphatic heterocycles. The van der Waals surface area contributed by atoms with Crippen LogP contribution in [0.2, 0.25) is 0 Å². The number of carbonyl (C=O) groups is 1. The highest BCUT2D eigenvalue weighted by Crippen LogP contribution is 2.25. The summed E-state index contributed by atoms with van der Waals surface area (Å²) in [5.74, 6) is 0.257. The average Bonchev–Trinajstić information content (AvgIpc) is 3.13. The molecule has 1 aromatic heterocycles. The molecular formula is C21H23N3O2. The predicted octanol–water partition coefficient (Wildman–Crippen LogP) is 3.08. The van der Waals surface area contributed by atoms with Crippen molar-refractivity contribution in [1.29, 1.82) is 0 Å². The van der Waals surface area contributed by atoms with Gasteiger partial charge >= 0.3 is 0 Å². The van der Waals surface area contributed by atoms with Crippen LogP contribution in [-0.2, 0) is 7.05 Å². The van der Waals surface area contributed by atoms with E-state index in [2.05, 4.69) is 11.2 Å². The minimum absolute atomic E-state index is 0.0545. The van der Waals surface area contributed by atoms with Crippen LogP contribution in [0.1, 0.15) is 23.2 Å². The van der Waals surface area contributed by atoms with Gasteiger partial charge in [0.15, 0.2) is 0 Å². The molecule has 1 fully saturated rings. The van der Waals surface area contributed by atoms with Crippen LogP contribution in [0.15, 0.2) is 48.7 Å². The van der Waals surface area contributed by atoms with E-state index in [0.717, 1.165) is 41.4 Å². The molecule has 0 bridgehead atoms. The van der Waals surface area contributed by atoms with Gasteiger partial charge < -0.3 is 10.0 Å². The summed E-state index contributed by atoms with van der Waals surface area (Å²) < 4.78 is 1.79. The smallest absolute Gasteiger partial charge is 0.253 e. The molecule has 0 saturated carbocycles. The van der Waals surface area contributed by atoms with E-state index >= 15 is 0 Å². The molecule has 26 heavy (non-hydrogen) atoms. The van der Waals surface area contributed by atoms with E-state index in [1.54, 1.807) is 4.68 Å². The maximum absolute atomic E-state index is 12.8. The van der Waals surface area contributed by atoms with Crippen molar-refractivity contribution in [1.82, 2.24) is 14.7 Å². The van der Waals surface area contributed by atoms with Gasteiger partial charge in [0.05, 0.1) is 5.69 Å². The topological polar surface area (TPSA) is 58.4 Å². The SMILES string of the molecule is Cn1ccc(-c2ccc3cc(C(=O)N4CCCC(CO)C4)ccc3c2)n1. The first kappa shape index (κ1) is 16.8. The molecule has 1 unspecified atom stereocenters. The average molecular weight is 349 g/mol. The molecule has 0 aliphatic carbocycles. The number of nitrogens with zero attached hydrogens (tertiary/aromatic N) is 3. The monoisotopic (exact) mass is 349 g/mol. The van der Waals surface area contributed by atoms with Crippen LogP contribution < -0.4 is 0 Å². The Morgan fingerprint density at radius 2 is 2.00 bits per heavy atom. The molecule has 3 aromatic rings. The zero-order valence-electron chi connectivity index (χ0n) is 14.9. The first-order valence-corrected chi connectivity index (χ1v) is 9.08. The maximum Gasteiger partial charge on any atom is 0.253 e. The Morgan fingerprint density at radius 1 is 1.19 bits per heavy atom. The minimum atomic E-state index is 0.0545. The lowest BCUT2D eigenvalue weighted by Crippen LogP contribution is -2.40. The van der Waals surface area contributed by atoms with Gasteiger partial charge in [0.2, 0.25) is 0 Å². The zero-order chi connectivity index (χ0) is 18.1. The third kappa shape index (κ3) is 3.22. The van der Waals surface area contributed by atoms with E-state index in [1.807, 2.05) is 54.5 Å². The summed E-state index contributed by atoms with van der Waals surface area (Å²) in [6, 6.07) is 14.0. The summed E-state index contributed by atoms with van der Waals surface area (Å²) in [6.07, 6.45) is 3.88. The molecule has 1 amide bonds. The van der Waals surface area contributed by atoms with Crippen LogP contribution in [-0.4, -0.2) is 45.4 Å². The molecule has 0 radical (unpaired) electrons. The lowest BCUT2D eigenvalue weighted by atomic mass is 9.97. The second kappa shape index (κ2) is 6.92. The van der Waals surface area contributed by atoms with Gasteiger partial charge in [-0.2, -0.15) is 5.10 Å². The Hall–Kier alpha value is -2.66. The van der Waals surface area contributed by atoms with Crippen molar-refractivity contribution in [2.45, 2.75) is 12.8 Å². The first-order valence-electron chi connectivity index (χ1n) is 9.08. The number of piperidine rings is 1. The standard InChI is InChI=1S/C21H23N3O2/c1-23-10-8-20(22-23)18-6-4-17-12-19(7-5-16(17)11-18)21(26)24-9-2-3-15(13-24)14-25/h4-8,10-12,15,25H,2-3,9,13-14H2,1H3. The number of aryl methyl sites for hydroxylation is 1. The minimum Gasteiger partial charge on any atom is -0.396 e. The number of aliphatic hydroxyl groups is 1. The third-order valence-electron chi connectivity index (χ3n) is 5.16. The fourth-order valence-corrected chi connectivity index (χ4v) is 3.69. The molecule has 2 heterocycles. The molecule has 0 spiro atoms. The molecule has 134 valence electrons. The number of aromatic nitrogens is 2. The van der Waals surface area contributed by atoms with E-state index in [0.29, 0.717) is 12.1 Å². The van der Waals surface area contributed by atoms with Gasteiger partial charge in [-0.15, -0.1) is 0 Å². The molecule has 4 rings (SSSR count). The Kier molecular flexibility index (Phi) is 4.47. The van der Waals surface area contributed by atoms with Gasteiger partial charge in [-0.1, -0.05) is 18.2 Å². The van der Waals surface area contributed by atoms with E-state index in [9.17, 15) is 9.90 Å². The van der Waals surface area contributed by atoms with Gasteiger partial charge in [-0.3, -0.25) is 9.48 Å².